The van der Waals surface area contributed by atoms with Gasteiger partial charge in [0, 0.05) is 18.4 Å². The molecule has 5 nitrogen and oxygen atoms in total. The Labute approximate surface area is 94.9 Å². The summed E-state index contributed by atoms with van der Waals surface area (Å²) in [4.78, 5) is 18.7. The van der Waals surface area contributed by atoms with Gasteiger partial charge in [-0.05, 0) is 12.8 Å². The Hall–Kier alpha value is -1.65. The lowest BCUT2D eigenvalue weighted by Gasteiger charge is -2.20. The van der Waals surface area contributed by atoms with Crippen molar-refractivity contribution in [2.75, 3.05) is 5.32 Å². The smallest absolute Gasteiger partial charge is 0.358 e. The van der Waals surface area contributed by atoms with E-state index >= 15 is 0 Å². The van der Waals surface area contributed by atoms with Gasteiger partial charge in [-0.1, -0.05) is 20.3 Å². The van der Waals surface area contributed by atoms with Crippen molar-refractivity contribution in [3.05, 3.63) is 18.1 Å². The molecule has 5 heteroatoms. The lowest BCUT2D eigenvalue weighted by Crippen LogP contribution is -2.25. The van der Waals surface area contributed by atoms with Gasteiger partial charge in [0.15, 0.2) is 11.5 Å². The second-order valence-electron chi connectivity index (χ2n) is 3.88. The molecule has 2 N–H and O–H groups in total. The molecule has 0 fully saturated rings. The van der Waals surface area contributed by atoms with E-state index in [4.69, 9.17) is 5.11 Å². The molecule has 0 aliphatic rings. The summed E-state index contributed by atoms with van der Waals surface area (Å²) in [6.07, 6.45) is 3.89. The van der Waals surface area contributed by atoms with Gasteiger partial charge in [0.2, 0.25) is 0 Å². The van der Waals surface area contributed by atoms with Crippen LogP contribution >= 0.6 is 0 Å². The minimum absolute atomic E-state index is 0.0300. The van der Waals surface area contributed by atoms with Crippen LogP contribution < -0.4 is 5.32 Å². The van der Waals surface area contributed by atoms with Crippen LogP contribution in [-0.4, -0.2) is 27.1 Å². The minimum atomic E-state index is -1.06. The number of anilines is 1. The topological polar surface area (TPSA) is 75.1 Å². The number of rotatable bonds is 5. The van der Waals surface area contributed by atoms with Crippen molar-refractivity contribution in [3.63, 3.8) is 0 Å². The first-order valence-electron chi connectivity index (χ1n) is 5.37. The molecule has 0 aliphatic carbocycles. The van der Waals surface area contributed by atoms with Crippen molar-refractivity contribution in [2.24, 2.45) is 5.92 Å². The Kier molecular flexibility index (Phi) is 4.22. The number of hydrogen-bond donors (Lipinski definition) is 2. The Morgan fingerprint density at radius 3 is 2.62 bits per heavy atom. The van der Waals surface area contributed by atoms with Crippen LogP contribution in [0.1, 0.15) is 37.7 Å². The third kappa shape index (κ3) is 2.92. The van der Waals surface area contributed by atoms with E-state index < -0.39 is 5.97 Å². The number of nitrogens with one attached hydrogen (secondary N) is 1. The first kappa shape index (κ1) is 12.4. The molecule has 1 heterocycles. The van der Waals surface area contributed by atoms with Crippen molar-refractivity contribution in [1.29, 1.82) is 0 Å². The third-order valence-electron chi connectivity index (χ3n) is 2.76. The van der Waals surface area contributed by atoms with Crippen molar-refractivity contribution in [2.45, 2.75) is 33.2 Å². The second kappa shape index (κ2) is 5.44. The predicted octanol–water partition coefficient (Wildman–Crippen LogP) is 2.02. The summed E-state index contributed by atoms with van der Waals surface area (Å²) in [5.74, 6) is -0.279. The molecule has 2 unspecified atom stereocenters. The van der Waals surface area contributed by atoms with Crippen LogP contribution in [0.4, 0.5) is 5.82 Å². The van der Waals surface area contributed by atoms with E-state index in [2.05, 4.69) is 29.1 Å². The summed E-state index contributed by atoms with van der Waals surface area (Å²) in [5.41, 5.74) is -0.0300. The summed E-state index contributed by atoms with van der Waals surface area (Å²) >= 11 is 0. The predicted molar refractivity (Wildman–Crippen MR) is 61.5 cm³/mol. The Bertz CT molecular complexity index is 368. The fourth-order valence-electron chi connectivity index (χ4n) is 1.31. The molecule has 0 aromatic carbocycles. The van der Waals surface area contributed by atoms with E-state index in [-0.39, 0.29) is 11.7 Å². The third-order valence-corrected chi connectivity index (χ3v) is 2.76. The average Bonchev–Trinajstić information content (AvgIpc) is 2.28. The lowest BCUT2D eigenvalue weighted by atomic mass is 10.0. The number of carboxylic acid groups (broad SMARTS) is 1. The zero-order valence-electron chi connectivity index (χ0n) is 9.77. The highest BCUT2D eigenvalue weighted by atomic mass is 16.4. The van der Waals surface area contributed by atoms with E-state index in [1.165, 1.54) is 12.4 Å². The molecule has 1 rings (SSSR count). The Balaban J connectivity index is 2.84. The van der Waals surface area contributed by atoms with Crippen LogP contribution in [0, 0.1) is 5.92 Å². The van der Waals surface area contributed by atoms with Crippen LogP contribution in [0.5, 0.6) is 0 Å². The molecule has 0 saturated heterocycles. The molecular weight excluding hydrogens is 206 g/mol. The Morgan fingerprint density at radius 2 is 2.06 bits per heavy atom. The van der Waals surface area contributed by atoms with Gasteiger partial charge in [-0.2, -0.15) is 0 Å². The maximum Gasteiger partial charge on any atom is 0.358 e. The molecule has 88 valence electrons. The summed E-state index contributed by atoms with van der Waals surface area (Å²) < 4.78 is 0. The van der Waals surface area contributed by atoms with E-state index in [0.29, 0.717) is 11.7 Å². The van der Waals surface area contributed by atoms with Gasteiger partial charge in [-0.15, -0.1) is 0 Å². The molecule has 0 radical (unpaired) electrons. The quantitative estimate of drug-likeness (QED) is 0.798. The molecule has 0 amide bonds. The van der Waals surface area contributed by atoms with E-state index in [1.807, 2.05) is 6.92 Å². The average molecular weight is 223 g/mol. The van der Waals surface area contributed by atoms with E-state index in [1.54, 1.807) is 0 Å². The molecule has 0 aliphatic heterocycles. The standard InChI is InChI=1S/C11H17N3O2/c1-4-7(2)8(3)14-10-9(11(15)16)12-5-6-13-10/h5-8H,4H2,1-3H3,(H,13,14)(H,15,16). The molecular formula is C11H17N3O2. The number of carboxylic acids is 1. The molecule has 0 saturated carbocycles. The van der Waals surface area contributed by atoms with Crippen molar-refractivity contribution in [3.8, 4) is 0 Å². The van der Waals surface area contributed by atoms with Gasteiger partial charge in [0.1, 0.15) is 0 Å². The summed E-state index contributed by atoms with van der Waals surface area (Å²) in [5, 5.41) is 12.0. The van der Waals surface area contributed by atoms with E-state index in [9.17, 15) is 4.79 Å². The van der Waals surface area contributed by atoms with Crippen molar-refractivity contribution < 1.29 is 9.90 Å². The van der Waals surface area contributed by atoms with Gasteiger partial charge < -0.3 is 10.4 Å². The Morgan fingerprint density at radius 1 is 1.44 bits per heavy atom. The number of hydrogen-bond acceptors (Lipinski definition) is 4. The van der Waals surface area contributed by atoms with Crippen LogP contribution in [-0.2, 0) is 0 Å². The van der Waals surface area contributed by atoms with Crippen LogP contribution in [0.25, 0.3) is 0 Å². The fraction of sp³-hybridized carbons (Fsp3) is 0.545. The van der Waals surface area contributed by atoms with Gasteiger partial charge in [-0.25, -0.2) is 14.8 Å². The fourth-order valence-corrected chi connectivity index (χ4v) is 1.31. The van der Waals surface area contributed by atoms with Crippen molar-refractivity contribution in [1.82, 2.24) is 9.97 Å². The van der Waals surface area contributed by atoms with Gasteiger partial charge in [0.05, 0.1) is 0 Å². The summed E-state index contributed by atoms with van der Waals surface area (Å²) in [7, 11) is 0. The molecule has 2 atom stereocenters. The normalized spacial score (nSPS) is 14.2. The molecule has 1 aromatic rings. The van der Waals surface area contributed by atoms with Crippen LogP contribution in [0.2, 0.25) is 0 Å². The lowest BCUT2D eigenvalue weighted by molar-refractivity contribution is 0.0691. The van der Waals surface area contributed by atoms with E-state index in [0.717, 1.165) is 6.42 Å². The zero-order chi connectivity index (χ0) is 12.1. The summed E-state index contributed by atoms with van der Waals surface area (Å²) in [6.45, 7) is 6.21. The van der Waals surface area contributed by atoms with Crippen LogP contribution in [0.15, 0.2) is 12.4 Å². The molecule has 1 aromatic heterocycles. The second-order valence-corrected chi connectivity index (χ2v) is 3.88. The van der Waals surface area contributed by atoms with Gasteiger partial charge in [-0.3, -0.25) is 0 Å². The molecule has 0 spiro atoms. The number of aromatic carboxylic acids is 1. The minimum Gasteiger partial charge on any atom is -0.476 e. The summed E-state index contributed by atoms with van der Waals surface area (Å²) in [6, 6.07) is 0.166. The molecule has 0 bridgehead atoms. The van der Waals surface area contributed by atoms with Gasteiger partial charge in [0.25, 0.3) is 0 Å². The number of nitrogens with zero attached hydrogens (tertiary/aromatic N) is 2. The highest BCUT2D eigenvalue weighted by Gasteiger charge is 2.16. The SMILES string of the molecule is CCC(C)C(C)Nc1nccnc1C(=O)O. The monoisotopic (exact) mass is 223 g/mol. The first-order valence-corrected chi connectivity index (χ1v) is 5.37. The van der Waals surface area contributed by atoms with Crippen LogP contribution in [0.3, 0.4) is 0 Å². The maximum atomic E-state index is 10.9. The highest BCUT2D eigenvalue weighted by Crippen LogP contribution is 2.15. The number of carbonyl (C=O) groups is 1. The first-order chi connectivity index (χ1) is 7.56. The number of aromatic nitrogens is 2. The largest absolute Gasteiger partial charge is 0.476 e. The zero-order valence-corrected chi connectivity index (χ0v) is 9.77. The van der Waals surface area contributed by atoms with Crippen molar-refractivity contribution >= 4 is 11.8 Å². The highest BCUT2D eigenvalue weighted by molar-refractivity contribution is 5.90. The molecule has 16 heavy (non-hydrogen) atoms. The maximum absolute atomic E-state index is 10.9. The van der Waals surface area contributed by atoms with Gasteiger partial charge >= 0.3 is 5.97 Å².